The number of carbonyl (C=O) groups is 1. The van der Waals surface area contributed by atoms with Gasteiger partial charge in [0.1, 0.15) is 22.6 Å². The first-order valence-corrected chi connectivity index (χ1v) is 13.6. The Morgan fingerprint density at radius 2 is 0.864 bits per heavy atom. The number of aromatic amines is 2. The summed E-state index contributed by atoms with van der Waals surface area (Å²) in [5, 5.41) is 12.9. The number of hydrogen-bond acceptors (Lipinski definition) is 7. The second-order valence-corrected chi connectivity index (χ2v) is 10.3. The molecule has 0 amide bonds. The summed E-state index contributed by atoms with van der Waals surface area (Å²) in [7, 11) is 0. The van der Waals surface area contributed by atoms with Crippen molar-refractivity contribution in [2.75, 3.05) is 0 Å². The first-order valence-electron chi connectivity index (χ1n) is 13.6. The van der Waals surface area contributed by atoms with Crippen LogP contribution in [0.1, 0.15) is 10.4 Å². The molecule has 9 rings (SSSR count). The van der Waals surface area contributed by atoms with E-state index < -0.39 is 5.97 Å². The molecule has 2 aliphatic heterocycles. The van der Waals surface area contributed by atoms with E-state index in [1.807, 2.05) is 78.9 Å². The SMILES string of the molecule is O=C(O)c1cccc2c3nc4nc(nc5[nH]c(nc6nc(nc([nH]3)c12)-c1ccccc1-6)c1ccccc51)-c1ccccc1-4.[Hf]. The average Bonchev–Trinajstić information content (AvgIpc) is 3.76. The maximum atomic E-state index is 12.3. The van der Waals surface area contributed by atoms with Crippen molar-refractivity contribution < 1.29 is 35.7 Å². The number of aromatic nitrogens is 8. The number of carboxylic acids is 1. The number of fused-ring (bicyclic) bond motifs is 20. The van der Waals surface area contributed by atoms with E-state index in [0.29, 0.717) is 56.7 Å². The third-order valence-corrected chi connectivity index (χ3v) is 7.81. The number of carboxylic acid groups (broad SMARTS) is 1. The van der Waals surface area contributed by atoms with E-state index in [9.17, 15) is 9.90 Å². The molecular weight excluding hydrogens is 719 g/mol. The molecule has 7 aromatic rings. The number of hydrogen-bond donors (Lipinski definition) is 3. The normalized spacial score (nSPS) is 11.6. The molecule has 0 atom stereocenters. The standard InChI is InChI=1S/C33H18N8O2.Hf/c42-33(43)23-15-7-14-22-24(23)32-40-30-21-13-6-5-12-20(21)28(38-30)36-26-17-9-2-1-8-16(17)25(34-26)35-27-18-10-3-4-11-19(18)29(37-27)39-31(22)41-32;/h1-15H,(H,42,43)(H2,34,35,36,37,38,39,40,41);. The van der Waals surface area contributed by atoms with E-state index in [0.717, 1.165) is 33.0 Å². The molecule has 0 aliphatic carbocycles. The van der Waals surface area contributed by atoms with Crippen LogP contribution in [0.5, 0.6) is 0 Å². The van der Waals surface area contributed by atoms with Crippen LogP contribution in [-0.2, 0) is 25.8 Å². The monoisotopic (exact) mass is 738 g/mol. The van der Waals surface area contributed by atoms with Crippen LogP contribution in [0.2, 0.25) is 0 Å². The van der Waals surface area contributed by atoms with Gasteiger partial charge in [0.2, 0.25) is 0 Å². The second kappa shape index (κ2) is 9.81. The summed E-state index contributed by atoms with van der Waals surface area (Å²) in [5.74, 6) is 0.791. The summed E-state index contributed by atoms with van der Waals surface area (Å²) in [4.78, 5) is 48.5. The zero-order valence-electron chi connectivity index (χ0n) is 22.7. The number of nitrogens with zero attached hydrogens (tertiary/aromatic N) is 6. The Kier molecular flexibility index (Phi) is 5.85. The van der Waals surface area contributed by atoms with Gasteiger partial charge in [-0.1, -0.05) is 84.9 Å². The van der Waals surface area contributed by atoms with E-state index in [1.165, 1.54) is 0 Å². The molecule has 3 N–H and O–H groups in total. The first kappa shape index (κ1) is 26.2. The Balaban J connectivity index is 0.00000289. The summed E-state index contributed by atoms with van der Waals surface area (Å²) >= 11 is 0. The van der Waals surface area contributed by atoms with Gasteiger partial charge in [-0.05, 0) is 6.07 Å². The first-order chi connectivity index (χ1) is 21.1. The van der Waals surface area contributed by atoms with E-state index in [1.54, 1.807) is 12.1 Å². The predicted octanol–water partition coefficient (Wildman–Crippen LogP) is 6.56. The minimum absolute atomic E-state index is 0. The molecule has 0 saturated heterocycles. The Morgan fingerprint density at radius 1 is 0.477 bits per heavy atom. The van der Waals surface area contributed by atoms with Gasteiger partial charge in [0.15, 0.2) is 23.3 Å². The van der Waals surface area contributed by atoms with Crippen molar-refractivity contribution in [3.8, 4) is 45.6 Å². The van der Waals surface area contributed by atoms with Crippen LogP contribution in [0, 0.1) is 0 Å². The van der Waals surface area contributed by atoms with Gasteiger partial charge >= 0.3 is 5.97 Å². The average molecular weight is 737 g/mol. The molecule has 0 spiro atoms. The van der Waals surface area contributed by atoms with Crippen LogP contribution in [-0.4, -0.2) is 50.9 Å². The molecule has 0 radical (unpaired) electrons. The molecule has 0 unspecified atom stereocenters. The molecular formula is C33H18HfN8O2. The van der Waals surface area contributed by atoms with E-state index in [4.69, 9.17) is 29.9 Å². The van der Waals surface area contributed by atoms with Gasteiger partial charge in [-0.3, -0.25) is 0 Å². The predicted molar refractivity (Wildman–Crippen MR) is 163 cm³/mol. The van der Waals surface area contributed by atoms with Crippen molar-refractivity contribution in [3.63, 3.8) is 0 Å². The van der Waals surface area contributed by atoms with Gasteiger partial charge in [-0.25, -0.2) is 34.7 Å². The Labute approximate surface area is 266 Å². The van der Waals surface area contributed by atoms with Crippen LogP contribution in [0.25, 0.3) is 89.7 Å². The van der Waals surface area contributed by atoms with Gasteiger partial charge in [-0.15, -0.1) is 0 Å². The Morgan fingerprint density at radius 3 is 1.34 bits per heavy atom. The summed E-state index contributed by atoms with van der Waals surface area (Å²) < 4.78 is 0. The largest absolute Gasteiger partial charge is 0.478 e. The molecule has 2 aliphatic rings. The molecule has 4 aromatic carbocycles. The minimum Gasteiger partial charge on any atom is -0.478 e. The van der Waals surface area contributed by atoms with Crippen LogP contribution in [0.3, 0.4) is 0 Å². The van der Waals surface area contributed by atoms with Crippen molar-refractivity contribution in [1.29, 1.82) is 0 Å². The maximum Gasteiger partial charge on any atom is 0.336 e. The molecule has 8 bridgehead atoms. The molecule has 44 heavy (non-hydrogen) atoms. The Hall–Kier alpha value is -5.42. The molecule has 11 heteroatoms. The van der Waals surface area contributed by atoms with E-state index >= 15 is 0 Å². The maximum absolute atomic E-state index is 12.3. The summed E-state index contributed by atoms with van der Waals surface area (Å²) in [5.41, 5.74) is 5.36. The topological polar surface area (TPSA) is 146 Å². The van der Waals surface area contributed by atoms with Crippen LogP contribution < -0.4 is 0 Å². The zero-order valence-corrected chi connectivity index (χ0v) is 26.3. The molecule has 206 valence electrons. The minimum atomic E-state index is -1.07. The van der Waals surface area contributed by atoms with Crippen molar-refractivity contribution in [1.82, 2.24) is 39.9 Å². The van der Waals surface area contributed by atoms with Gasteiger partial charge in [0, 0.05) is 69.6 Å². The third-order valence-electron chi connectivity index (χ3n) is 7.81. The number of H-pyrrole nitrogens is 2. The van der Waals surface area contributed by atoms with Gasteiger partial charge < -0.3 is 15.1 Å². The molecule has 10 nitrogen and oxygen atoms in total. The number of aromatic carboxylic acids is 1. The fourth-order valence-corrected chi connectivity index (χ4v) is 5.87. The van der Waals surface area contributed by atoms with Gasteiger partial charge in [0.25, 0.3) is 0 Å². The van der Waals surface area contributed by atoms with Crippen LogP contribution >= 0.6 is 0 Å². The molecule has 0 fully saturated rings. The number of rotatable bonds is 1. The van der Waals surface area contributed by atoms with Crippen molar-refractivity contribution in [2.45, 2.75) is 0 Å². The van der Waals surface area contributed by atoms with E-state index in [2.05, 4.69) is 9.97 Å². The summed E-state index contributed by atoms with van der Waals surface area (Å²) in [6.45, 7) is 0. The zero-order chi connectivity index (χ0) is 28.7. The quantitative estimate of drug-likeness (QED) is 0.161. The van der Waals surface area contributed by atoms with Gasteiger partial charge in [-0.2, -0.15) is 0 Å². The van der Waals surface area contributed by atoms with E-state index in [-0.39, 0.29) is 31.4 Å². The fraction of sp³-hybridized carbons (Fsp3) is 0. The summed E-state index contributed by atoms with van der Waals surface area (Å²) in [6.07, 6.45) is 0. The molecule has 3 aromatic heterocycles. The van der Waals surface area contributed by atoms with Crippen LogP contribution in [0.15, 0.2) is 91.0 Å². The second-order valence-electron chi connectivity index (χ2n) is 10.3. The third kappa shape index (κ3) is 3.86. The number of benzene rings is 4. The number of nitrogens with one attached hydrogen (secondary N) is 2. The molecule has 0 saturated carbocycles. The van der Waals surface area contributed by atoms with Crippen LogP contribution in [0.4, 0.5) is 0 Å². The van der Waals surface area contributed by atoms with Crippen molar-refractivity contribution >= 4 is 50.1 Å². The molecule has 5 heterocycles. The fourth-order valence-electron chi connectivity index (χ4n) is 5.87. The van der Waals surface area contributed by atoms with Crippen molar-refractivity contribution in [2.24, 2.45) is 0 Å². The Bertz CT molecular complexity index is 2510. The van der Waals surface area contributed by atoms with Crippen molar-refractivity contribution in [3.05, 3.63) is 96.6 Å². The summed E-state index contributed by atoms with van der Waals surface area (Å²) in [6, 6.07) is 28.5. The van der Waals surface area contributed by atoms with Gasteiger partial charge in [0.05, 0.1) is 5.56 Å². The smallest absolute Gasteiger partial charge is 0.336 e.